The number of aryl methyl sites for hydroxylation is 1. The summed E-state index contributed by atoms with van der Waals surface area (Å²) in [4.78, 5) is 17.8. The molecule has 0 bridgehead atoms. The van der Waals surface area contributed by atoms with E-state index in [0.717, 1.165) is 11.3 Å². The first kappa shape index (κ1) is 19.9. The molecule has 0 aromatic carbocycles. The van der Waals surface area contributed by atoms with Crippen molar-refractivity contribution in [3.8, 4) is 5.75 Å². The molecule has 3 N–H and O–H groups in total. The topological polar surface area (TPSA) is 137 Å². The first-order valence-electron chi connectivity index (χ1n) is 8.13. The van der Waals surface area contributed by atoms with Crippen molar-refractivity contribution in [2.75, 3.05) is 19.4 Å². The summed E-state index contributed by atoms with van der Waals surface area (Å²) in [5.74, 6) is 0.505. The molecule has 12 heteroatoms. The summed E-state index contributed by atoms with van der Waals surface area (Å²) in [6.45, 7) is 3.54. The van der Waals surface area contributed by atoms with Crippen molar-refractivity contribution in [1.29, 1.82) is 0 Å². The minimum Gasteiger partial charge on any atom is -0.504 e. The van der Waals surface area contributed by atoms with Gasteiger partial charge in [-0.3, -0.25) is 9.79 Å². The van der Waals surface area contributed by atoms with Gasteiger partial charge in [0.05, 0.1) is 5.69 Å². The number of nitrogens with zero attached hydrogens (tertiary/aromatic N) is 3. The molecule has 0 fully saturated rings. The van der Waals surface area contributed by atoms with E-state index in [1.54, 1.807) is 40.1 Å². The molecule has 2 aromatic rings. The third-order valence-corrected chi connectivity index (χ3v) is 5.61. The van der Waals surface area contributed by atoms with Crippen LogP contribution in [0, 0.1) is 6.92 Å². The third-order valence-electron chi connectivity index (χ3n) is 3.78. The second kappa shape index (κ2) is 7.28. The summed E-state index contributed by atoms with van der Waals surface area (Å²) in [5, 5.41) is 14.5. The molecule has 10 nitrogen and oxygen atoms in total. The smallest absolute Gasteiger partial charge is 0.345 e. The molecule has 3 rings (SSSR count). The molecule has 1 amide bonds. The number of rotatable bonds is 4. The van der Waals surface area contributed by atoms with E-state index >= 15 is 0 Å². The number of amidine groups is 2. The Morgan fingerprint density at radius 1 is 1.43 bits per heavy atom. The highest BCUT2D eigenvalue weighted by atomic mass is 32.2. The second-order valence-electron chi connectivity index (χ2n) is 6.27. The molecular formula is C16H19N5O5S2. The summed E-state index contributed by atoms with van der Waals surface area (Å²) >= 11 is 1.03. The number of hydrogen-bond acceptors (Lipinski definition) is 8. The average molecular weight is 425 g/mol. The first-order valence-corrected chi connectivity index (χ1v) is 10.5. The Morgan fingerprint density at radius 2 is 2.14 bits per heavy atom. The van der Waals surface area contributed by atoms with E-state index in [1.165, 1.54) is 10.3 Å². The quantitative estimate of drug-likeness (QED) is 0.684. The van der Waals surface area contributed by atoms with E-state index < -0.39 is 16.3 Å². The van der Waals surface area contributed by atoms with Crippen molar-refractivity contribution in [3.05, 3.63) is 33.9 Å². The summed E-state index contributed by atoms with van der Waals surface area (Å²) in [5.41, 5.74) is 0.155. The first-order chi connectivity index (χ1) is 13.1. The maximum Gasteiger partial charge on any atom is 0.345 e. The number of thiophene rings is 1. The van der Waals surface area contributed by atoms with Gasteiger partial charge in [0, 0.05) is 19.5 Å². The van der Waals surface area contributed by atoms with Crippen LogP contribution in [-0.4, -0.2) is 50.1 Å². The number of furan rings is 1. The number of carbonyl (C=O) groups is 1. The molecular weight excluding hydrogens is 406 g/mol. The maximum atomic E-state index is 12.1. The molecule has 0 spiro atoms. The number of carbonyl (C=O) groups excluding carboxylic acids is 1. The van der Waals surface area contributed by atoms with Crippen molar-refractivity contribution >= 4 is 44.8 Å². The van der Waals surface area contributed by atoms with Crippen LogP contribution in [-0.2, 0) is 10.2 Å². The van der Waals surface area contributed by atoms with E-state index in [1.807, 2.05) is 0 Å². The Balaban J connectivity index is 1.89. The monoisotopic (exact) mass is 425 g/mol. The van der Waals surface area contributed by atoms with Crippen LogP contribution in [0.4, 0.5) is 5.69 Å². The number of aromatic hydroxyl groups is 1. The zero-order valence-corrected chi connectivity index (χ0v) is 17.2. The number of hydrogen-bond donors (Lipinski definition) is 3. The van der Waals surface area contributed by atoms with Crippen molar-refractivity contribution < 1.29 is 22.7 Å². The van der Waals surface area contributed by atoms with Gasteiger partial charge >= 0.3 is 10.2 Å². The lowest BCUT2D eigenvalue weighted by Crippen LogP contribution is -2.30. The fourth-order valence-electron chi connectivity index (χ4n) is 2.38. The molecule has 1 atom stereocenters. The molecule has 150 valence electrons. The minimum absolute atomic E-state index is 0.0207. The molecule has 2 aromatic heterocycles. The minimum atomic E-state index is -3.96. The number of nitrogens with one attached hydrogen (secondary N) is 2. The van der Waals surface area contributed by atoms with Crippen LogP contribution < -0.4 is 10.0 Å². The number of anilines is 1. The highest BCUT2D eigenvalue weighted by Crippen LogP contribution is 2.35. The molecule has 0 saturated carbocycles. The molecule has 0 radical (unpaired) electrons. The number of aliphatic imine (C=N–C) groups is 1. The number of amides is 1. The van der Waals surface area contributed by atoms with E-state index in [9.17, 15) is 18.3 Å². The molecule has 1 aliphatic heterocycles. The van der Waals surface area contributed by atoms with E-state index in [0.29, 0.717) is 11.5 Å². The van der Waals surface area contributed by atoms with Gasteiger partial charge in [-0.2, -0.15) is 8.42 Å². The highest BCUT2D eigenvalue weighted by molar-refractivity contribution is 7.89. The highest BCUT2D eigenvalue weighted by Gasteiger charge is 2.29. The summed E-state index contributed by atoms with van der Waals surface area (Å²) in [6.07, 6.45) is 0. The van der Waals surface area contributed by atoms with Crippen LogP contribution in [0.5, 0.6) is 5.75 Å². The van der Waals surface area contributed by atoms with Gasteiger partial charge in [0.1, 0.15) is 22.4 Å². The van der Waals surface area contributed by atoms with Gasteiger partial charge in [-0.05, 0) is 26.0 Å². The predicted octanol–water partition coefficient (Wildman–Crippen LogP) is 1.88. The summed E-state index contributed by atoms with van der Waals surface area (Å²) < 4.78 is 35.1. The lowest BCUT2D eigenvalue weighted by molar-refractivity contribution is 0.0829. The SMILES string of the molecule is Cc1ccc([C@@H](C)N=C2NS(=O)(=O)N=C2Nc2csc(C(=O)N(C)C)c2O)o1. The zero-order valence-electron chi connectivity index (χ0n) is 15.5. The van der Waals surface area contributed by atoms with Gasteiger partial charge < -0.3 is 19.7 Å². The maximum absolute atomic E-state index is 12.1. The molecule has 0 unspecified atom stereocenters. The fourth-order valence-corrected chi connectivity index (χ4v) is 4.11. The van der Waals surface area contributed by atoms with Crippen molar-refractivity contribution in [2.45, 2.75) is 19.9 Å². The molecule has 3 heterocycles. The lowest BCUT2D eigenvalue weighted by atomic mass is 10.2. The Labute approximate surface area is 165 Å². The Hall–Kier alpha value is -2.86. The average Bonchev–Trinajstić information content (AvgIpc) is 3.26. The standard InChI is InChI=1S/C16H19N5O5S2/c1-8-5-6-11(26-8)9(2)17-14-15(20-28(24,25)19-14)18-10-7-27-13(12(10)22)16(23)21(3)4/h5-7,9,22H,1-4H3,(H,17,19)(H,18,20)/t9-/m1/s1. The van der Waals surface area contributed by atoms with Crippen LogP contribution in [0.25, 0.3) is 0 Å². The van der Waals surface area contributed by atoms with Gasteiger partial charge in [0.2, 0.25) is 0 Å². The summed E-state index contributed by atoms with van der Waals surface area (Å²) in [6, 6.07) is 3.06. The van der Waals surface area contributed by atoms with E-state index in [2.05, 4.69) is 19.4 Å². The van der Waals surface area contributed by atoms with Crippen LogP contribution in [0.2, 0.25) is 0 Å². The van der Waals surface area contributed by atoms with Crippen LogP contribution in [0.3, 0.4) is 0 Å². The third kappa shape index (κ3) is 4.02. The Kier molecular flexibility index (Phi) is 5.17. The molecule has 0 saturated heterocycles. The molecule has 0 aliphatic carbocycles. The van der Waals surface area contributed by atoms with E-state index in [-0.39, 0.29) is 33.9 Å². The van der Waals surface area contributed by atoms with Crippen LogP contribution >= 0.6 is 11.3 Å². The second-order valence-corrected chi connectivity index (χ2v) is 8.49. The van der Waals surface area contributed by atoms with Crippen LogP contribution in [0.15, 0.2) is 31.3 Å². The normalized spacial score (nSPS) is 17.9. The van der Waals surface area contributed by atoms with Crippen molar-refractivity contribution in [3.63, 3.8) is 0 Å². The molecule has 28 heavy (non-hydrogen) atoms. The van der Waals surface area contributed by atoms with E-state index in [4.69, 9.17) is 4.42 Å². The van der Waals surface area contributed by atoms with Gasteiger partial charge in [0.25, 0.3) is 5.91 Å². The van der Waals surface area contributed by atoms with Gasteiger partial charge in [-0.1, -0.05) is 0 Å². The lowest BCUT2D eigenvalue weighted by Gasteiger charge is -2.10. The van der Waals surface area contributed by atoms with Crippen LogP contribution in [0.1, 0.15) is 34.2 Å². The van der Waals surface area contributed by atoms with Crippen molar-refractivity contribution in [2.24, 2.45) is 9.39 Å². The Morgan fingerprint density at radius 3 is 2.75 bits per heavy atom. The fraction of sp³-hybridized carbons (Fsp3) is 0.312. The van der Waals surface area contributed by atoms with Gasteiger partial charge in [-0.25, -0.2) is 4.72 Å². The zero-order chi connectivity index (χ0) is 20.6. The largest absolute Gasteiger partial charge is 0.504 e. The van der Waals surface area contributed by atoms with Crippen molar-refractivity contribution in [1.82, 2.24) is 9.62 Å². The van der Waals surface area contributed by atoms with Gasteiger partial charge in [0.15, 0.2) is 17.4 Å². The summed E-state index contributed by atoms with van der Waals surface area (Å²) in [7, 11) is -0.834. The molecule has 1 aliphatic rings. The predicted molar refractivity (Wildman–Crippen MR) is 106 cm³/mol. The van der Waals surface area contributed by atoms with Gasteiger partial charge in [-0.15, -0.1) is 15.7 Å². The Bertz CT molecular complexity index is 1080.